The van der Waals surface area contributed by atoms with Crippen LogP contribution in [-0.2, 0) is 23.0 Å². The number of hydrogen-bond acceptors (Lipinski definition) is 5. The molecule has 0 spiro atoms. The first kappa shape index (κ1) is 21.7. The Kier molecular flexibility index (Phi) is 7.02. The van der Waals surface area contributed by atoms with E-state index in [9.17, 15) is 14.0 Å². The predicted octanol–water partition coefficient (Wildman–Crippen LogP) is 4.47. The van der Waals surface area contributed by atoms with E-state index in [-0.39, 0.29) is 29.0 Å². The van der Waals surface area contributed by atoms with Crippen molar-refractivity contribution in [1.82, 2.24) is 4.57 Å². The maximum absolute atomic E-state index is 13.9. The lowest BCUT2D eigenvalue weighted by atomic mass is 10.2. The number of carbonyl (C=O) groups is 2. The second kappa shape index (κ2) is 9.69. The van der Waals surface area contributed by atoms with Crippen molar-refractivity contribution in [2.24, 2.45) is 12.0 Å². The van der Waals surface area contributed by atoms with Gasteiger partial charge in [-0.05, 0) is 49.4 Å². The summed E-state index contributed by atoms with van der Waals surface area (Å²) in [5.41, 5.74) is 1.93. The van der Waals surface area contributed by atoms with Gasteiger partial charge >= 0.3 is 5.97 Å². The highest BCUT2D eigenvalue weighted by atomic mass is 35.5. The maximum atomic E-state index is 13.9. The summed E-state index contributed by atoms with van der Waals surface area (Å²) in [5, 5.41) is 4.63. The van der Waals surface area contributed by atoms with E-state index in [1.54, 1.807) is 42.8 Å². The minimum absolute atomic E-state index is 0.0619. The largest absolute Gasteiger partial charge is 0.462 e. The zero-order chi connectivity index (χ0) is 21.7. The third kappa shape index (κ3) is 5.34. The third-order valence-electron chi connectivity index (χ3n) is 4.17. The number of esters is 1. The number of aromatic nitrogens is 1. The lowest BCUT2D eigenvalue weighted by molar-refractivity contribution is -0.115. The Labute approximate surface area is 181 Å². The number of halogens is 2. The summed E-state index contributed by atoms with van der Waals surface area (Å²) in [6, 6.07) is 10.8. The molecule has 2 aromatic carbocycles. The van der Waals surface area contributed by atoms with Crippen LogP contribution < -0.4 is 10.1 Å². The monoisotopic (exact) mass is 447 g/mol. The number of amides is 1. The Bertz CT molecular complexity index is 1140. The SMILES string of the molecule is CCOC(=O)c1ccc(N=c2scc(CC(=O)Nc3ccc(Cl)cc3F)n2C)cc1. The van der Waals surface area contributed by atoms with E-state index in [1.165, 1.54) is 23.5 Å². The summed E-state index contributed by atoms with van der Waals surface area (Å²) in [7, 11) is 1.80. The number of nitrogens with zero attached hydrogens (tertiary/aromatic N) is 2. The quantitative estimate of drug-likeness (QED) is 0.566. The van der Waals surface area contributed by atoms with Crippen LogP contribution in [-0.4, -0.2) is 23.1 Å². The average Bonchev–Trinajstić information content (AvgIpc) is 3.04. The fourth-order valence-corrected chi connectivity index (χ4v) is 3.69. The molecule has 0 saturated carbocycles. The molecule has 0 unspecified atom stereocenters. The number of hydrogen-bond donors (Lipinski definition) is 1. The van der Waals surface area contributed by atoms with Gasteiger partial charge in [-0.2, -0.15) is 0 Å². The zero-order valence-electron chi connectivity index (χ0n) is 16.3. The van der Waals surface area contributed by atoms with E-state index >= 15 is 0 Å². The van der Waals surface area contributed by atoms with E-state index in [0.717, 1.165) is 11.8 Å². The van der Waals surface area contributed by atoms with Crippen LogP contribution in [0.15, 0.2) is 52.8 Å². The first-order chi connectivity index (χ1) is 14.4. The van der Waals surface area contributed by atoms with E-state index < -0.39 is 5.82 Å². The molecule has 1 N–H and O–H groups in total. The molecule has 0 atom stereocenters. The predicted molar refractivity (Wildman–Crippen MR) is 115 cm³/mol. The second-order valence-corrected chi connectivity index (χ2v) is 7.57. The molecule has 3 rings (SSSR count). The Balaban J connectivity index is 1.72. The van der Waals surface area contributed by atoms with Gasteiger partial charge in [-0.3, -0.25) is 4.79 Å². The van der Waals surface area contributed by atoms with Gasteiger partial charge in [0.05, 0.1) is 30.0 Å². The van der Waals surface area contributed by atoms with Crippen molar-refractivity contribution in [3.8, 4) is 0 Å². The summed E-state index contributed by atoms with van der Waals surface area (Å²) in [4.78, 5) is 29.2. The van der Waals surface area contributed by atoms with Gasteiger partial charge in [0, 0.05) is 23.1 Å². The molecule has 0 saturated heterocycles. The minimum atomic E-state index is -0.590. The van der Waals surface area contributed by atoms with Crippen LogP contribution in [0.2, 0.25) is 5.02 Å². The highest BCUT2D eigenvalue weighted by Gasteiger charge is 2.11. The van der Waals surface area contributed by atoms with Crippen LogP contribution >= 0.6 is 22.9 Å². The van der Waals surface area contributed by atoms with Crippen molar-refractivity contribution >= 4 is 46.2 Å². The van der Waals surface area contributed by atoms with Crippen molar-refractivity contribution in [3.63, 3.8) is 0 Å². The lowest BCUT2D eigenvalue weighted by Gasteiger charge is -2.07. The van der Waals surface area contributed by atoms with Crippen LogP contribution in [0.4, 0.5) is 15.8 Å². The standard InChI is InChI=1S/C21H19ClFN3O3S/c1-3-29-20(28)13-4-7-15(8-5-13)24-21-26(2)16(12-30-21)11-19(27)25-18-9-6-14(22)10-17(18)23/h4-10,12H,3,11H2,1-2H3,(H,25,27). The van der Waals surface area contributed by atoms with E-state index in [2.05, 4.69) is 10.3 Å². The van der Waals surface area contributed by atoms with Crippen LogP contribution in [0, 0.1) is 5.82 Å². The first-order valence-corrected chi connectivity index (χ1v) is 10.3. The summed E-state index contributed by atoms with van der Waals surface area (Å²) >= 11 is 7.10. The molecule has 6 nitrogen and oxygen atoms in total. The molecule has 0 fully saturated rings. The number of ether oxygens (including phenoxy) is 1. The van der Waals surface area contributed by atoms with Gasteiger partial charge in [0.1, 0.15) is 5.82 Å². The molecule has 1 heterocycles. The lowest BCUT2D eigenvalue weighted by Crippen LogP contribution is -2.20. The minimum Gasteiger partial charge on any atom is -0.462 e. The summed E-state index contributed by atoms with van der Waals surface area (Å²) in [6.45, 7) is 2.07. The molecular weight excluding hydrogens is 429 g/mol. The molecule has 0 aliphatic heterocycles. The molecule has 156 valence electrons. The fourth-order valence-electron chi connectivity index (χ4n) is 2.61. The van der Waals surface area contributed by atoms with Gasteiger partial charge in [0.15, 0.2) is 4.80 Å². The highest BCUT2D eigenvalue weighted by molar-refractivity contribution is 7.07. The number of rotatable bonds is 6. The third-order valence-corrected chi connectivity index (χ3v) is 5.37. The Hall–Kier alpha value is -2.97. The van der Waals surface area contributed by atoms with E-state index in [1.807, 2.05) is 5.38 Å². The molecule has 0 aliphatic carbocycles. The molecule has 1 aromatic heterocycles. The van der Waals surface area contributed by atoms with Gasteiger partial charge in [-0.1, -0.05) is 11.6 Å². The molecule has 1 amide bonds. The van der Waals surface area contributed by atoms with Gasteiger partial charge < -0.3 is 14.6 Å². The van der Waals surface area contributed by atoms with Gasteiger partial charge in [0.2, 0.25) is 5.91 Å². The molecule has 0 aliphatic rings. The van der Waals surface area contributed by atoms with Crippen LogP contribution in [0.25, 0.3) is 0 Å². The highest BCUT2D eigenvalue weighted by Crippen LogP contribution is 2.19. The number of benzene rings is 2. The Morgan fingerprint density at radius 3 is 2.63 bits per heavy atom. The number of nitrogens with one attached hydrogen (secondary N) is 1. The smallest absolute Gasteiger partial charge is 0.338 e. The van der Waals surface area contributed by atoms with Crippen molar-refractivity contribution in [2.45, 2.75) is 13.3 Å². The fraction of sp³-hybridized carbons (Fsp3) is 0.190. The normalized spacial score (nSPS) is 11.4. The Morgan fingerprint density at radius 2 is 1.97 bits per heavy atom. The van der Waals surface area contributed by atoms with Crippen molar-refractivity contribution < 1.29 is 18.7 Å². The van der Waals surface area contributed by atoms with Gasteiger partial charge in [0.25, 0.3) is 0 Å². The topological polar surface area (TPSA) is 72.7 Å². The maximum Gasteiger partial charge on any atom is 0.338 e. The average molecular weight is 448 g/mol. The van der Waals surface area contributed by atoms with Crippen molar-refractivity contribution in [2.75, 3.05) is 11.9 Å². The summed E-state index contributed by atoms with van der Waals surface area (Å²) in [6.07, 6.45) is 0.0619. The summed E-state index contributed by atoms with van der Waals surface area (Å²) in [5.74, 6) is -1.32. The molecule has 30 heavy (non-hydrogen) atoms. The summed E-state index contributed by atoms with van der Waals surface area (Å²) < 4.78 is 20.6. The molecule has 3 aromatic rings. The van der Waals surface area contributed by atoms with Gasteiger partial charge in [-0.25, -0.2) is 14.2 Å². The number of thiazole rings is 1. The van der Waals surface area contributed by atoms with Crippen LogP contribution in [0.5, 0.6) is 0 Å². The van der Waals surface area contributed by atoms with E-state index in [4.69, 9.17) is 16.3 Å². The molecular formula is C21H19ClFN3O3S. The first-order valence-electron chi connectivity index (χ1n) is 9.07. The molecule has 9 heteroatoms. The second-order valence-electron chi connectivity index (χ2n) is 6.30. The number of carbonyl (C=O) groups excluding carboxylic acids is 2. The van der Waals surface area contributed by atoms with Crippen LogP contribution in [0.1, 0.15) is 23.0 Å². The van der Waals surface area contributed by atoms with E-state index in [0.29, 0.717) is 22.7 Å². The van der Waals surface area contributed by atoms with Gasteiger partial charge in [-0.15, -0.1) is 11.3 Å². The number of anilines is 1. The van der Waals surface area contributed by atoms with Crippen molar-refractivity contribution in [1.29, 1.82) is 0 Å². The van der Waals surface area contributed by atoms with Crippen molar-refractivity contribution in [3.05, 3.63) is 74.7 Å². The molecule has 0 radical (unpaired) electrons. The molecule has 0 bridgehead atoms. The van der Waals surface area contributed by atoms with Crippen LogP contribution in [0.3, 0.4) is 0 Å². The zero-order valence-corrected chi connectivity index (χ0v) is 17.9. The Morgan fingerprint density at radius 1 is 1.23 bits per heavy atom.